The Balaban J connectivity index is 1.77. The van der Waals surface area contributed by atoms with E-state index in [1.807, 2.05) is 85.0 Å². The van der Waals surface area contributed by atoms with Crippen molar-refractivity contribution in [1.82, 2.24) is 9.55 Å². The van der Waals surface area contributed by atoms with E-state index in [1.165, 1.54) is 11.8 Å². The third-order valence-corrected chi connectivity index (χ3v) is 4.90. The van der Waals surface area contributed by atoms with E-state index in [9.17, 15) is 4.79 Å². The number of amides is 1. The number of hydrogen-bond acceptors (Lipinski definition) is 3. The molecular formula is C19H21N3OS. The number of aromatic nitrogens is 2. The molecular weight excluding hydrogens is 318 g/mol. The van der Waals surface area contributed by atoms with Crippen LogP contribution in [0.1, 0.15) is 13.8 Å². The molecule has 0 atom stereocenters. The standard InChI is InChI=1S/C19H21N3OS/c1-14(2)22(15-9-5-4-6-10-15)18(23)13-24-19-20-16-11-7-8-12-17(16)21(19)3/h4-12,14H,13H2,1-3H3. The van der Waals surface area contributed by atoms with Crippen molar-refractivity contribution in [2.45, 2.75) is 25.0 Å². The first-order valence-corrected chi connectivity index (χ1v) is 8.98. The first-order chi connectivity index (χ1) is 11.6. The van der Waals surface area contributed by atoms with Crippen molar-refractivity contribution in [2.24, 2.45) is 7.05 Å². The number of aryl methyl sites for hydroxylation is 1. The maximum atomic E-state index is 12.8. The van der Waals surface area contributed by atoms with Crippen LogP contribution < -0.4 is 4.90 Å². The Morgan fingerprint density at radius 2 is 1.79 bits per heavy atom. The predicted octanol–water partition coefficient (Wildman–Crippen LogP) is 4.11. The number of thioether (sulfide) groups is 1. The Kier molecular flexibility index (Phi) is 4.90. The molecule has 0 fully saturated rings. The average molecular weight is 339 g/mol. The number of fused-ring (bicyclic) bond motifs is 1. The molecule has 0 saturated carbocycles. The fourth-order valence-electron chi connectivity index (χ4n) is 2.77. The minimum atomic E-state index is 0.0910. The van der Waals surface area contributed by atoms with Gasteiger partial charge in [0.1, 0.15) is 0 Å². The van der Waals surface area contributed by atoms with Crippen LogP contribution in [0.3, 0.4) is 0 Å². The number of rotatable bonds is 5. The molecule has 0 N–H and O–H groups in total. The zero-order valence-electron chi connectivity index (χ0n) is 14.1. The lowest BCUT2D eigenvalue weighted by Gasteiger charge is -2.26. The molecule has 0 unspecified atom stereocenters. The zero-order valence-corrected chi connectivity index (χ0v) is 15.0. The van der Waals surface area contributed by atoms with Crippen LogP contribution in [0.15, 0.2) is 59.8 Å². The van der Waals surface area contributed by atoms with Gasteiger partial charge >= 0.3 is 0 Å². The molecule has 2 aromatic carbocycles. The van der Waals surface area contributed by atoms with E-state index in [2.05, 4.69) is 4.98 Å². The number of anilines is 1. The molecule has 0 spiro atoms. The highest BCUT2D eigenvalue weighted by Crippen LogP contribution is 2.24. The number of hydrogen-bond donors (Lipinski definition) is 0. The molecule has 0 saturated heterocycles. The molecule has 0 bridgehead atoms. The van der Waals surface area contributed by atoms with Gasteiger partial charge in [-0.1, -0.05) is 42.1 Å². The molecule has 24 heavy (non-hydrogen) atoms. The summed E-state index contributed by atoms with van der Waals surface area (Å²) < 4.78 is 2.04. The summed E-state index contributed by atoms with van der Waals surface area (Å²) >= 11 is 1.48. The summed E-state index contributed by atoms with van der Waals surface area (Å²) in [5.74, 6) is 0.456. The number of carbonyl (C=O) groups is 1. The lowest BCUT2D eigenvalue weighted by Crippen LogP contribution is -2.38. The van der Waals surface area contributed by atoms with Gasteiger partial charge in [-0.05, 0) is 38.1 Å². The Morgan fingerprint density at radius 3 is 2.46 bits per heavy atom. The van der Waals surface area contributed by atoms with E-state index < -0.39 is 0 Å². The van der Waals surface area contributed by atoms with E-state index in [1.54, 1.807) is 0 Å². The molecule has 0 aliphatic heterocycles. The summed E-state index contributed by atoms with van der Waals surface area (Å²) in [7, 11) is 1.99. The molecule has 0 aliphatic carbocycles. The Bertz CT molecular complexity index is 842. The lowest BCUT2D eigenvalue weighted by molar-refractivity contribution is -0.116. The van der Waals surface area contributed by atoms with Crippen molar-refractivity contribution >= 4 is 34.4 Å². The largest absolute Gasteiger partial charge is 0.322 e. The number of nitrogens with zero attached hydrogens (tertiary/aromatic N) is 3. The molecule has 124 valence electrons. The van der Waals surface area contributed by atoms with E-state index in [4.69, 9.17) is 0 Å². The Hall–Kier alpha value is -2.27. The first kappa shape index (κ1) is 16.6. The zero-order chi connectivity index (χ0) is 17.1. The average Bonchev–Trinajstić information content (AvgIpc) is 2.90. The van der Waals surface area contributed by atoms with Crippen LogP contribution in [0.2, 0.25) is 0 Å². The molecule has 0 aliphatic rings. The summed E-state index contributed by atoms with van der Waals surface area (Å²) in [5, 5.41) is 0.862. The molecule has 3 rings (SSSR count). The third kappa shape index (κ3) is 3.31. The smallest absolute Gasteiger partial charge is 0.237 e. The van der Waals surface area contributed by atoms with Gasteiger partial charge in [-0.3, -0.25) is 4.79 Å². The Morgan fingerprint density at radius 1 is 1.12 bits per heavy atom. The van der Waals surface area contributed by atoms with Gasteiger partial charge in [0.05, 0.1) is 16.8 Å². The molecule has 1 aromatic heterocycles. The van der Waals surface area contributed by atoms with Crippen LogP contribution in [0.4, 0.5) is 5.69 Å². The summed E-state index contributed by atoms with van der Waals surface area (Å²) in [5.41, 5.74) is 2.97. The van der Waals surface area contributed by atoms with Gasteiger partial charge in [-0.15, -0.1) is 0 Å². The van der Waals surface area contributed by atoms with Gasteiger partial charge in [0.25, 0.3) is 0 Å². The quantitative estimate of drug-likeness (QED) is 0.657. The highest BCUT2D eigenvalue weighted by atomic mass is 32.2. The molecule has 1 heterocycles. The van der Waals surface area contributed by atoms with Gasteiger partial charge < -0.3 is 9.47 Å². The second kappa shape index (κ2) is 7.09. The van der Waals surface area contributed by atoms with E-state index in [-0.39, 0.29) is 11.9 Å². The number of imidazole rings is 1. The monoisotopic (exact) mass is 339 g/mol. The minimum Gasteiger partial charge on any atom is -0.322 e. The van der Waals surface area contributed by atoms with Gasteiger partial charge in [0, 0.05) is 18.8 Å². The van der Waals surface area contributed by atoms with Gasteiger partial charge in [0.15, 0.2) is 5.16 Å². The van der Waals surface area contributed by atoms with E-state index in [0.717, 1.165) is 21.9 Å². The predicted molar refractivity (Wildman–Crippen MR) is 101 cm³/mol. The van der Waals surface area contributed by atoms with Crippen LogP contribution in [0.25, 0.3) is 11.0 Å². The Labute approximate surface area is 146 Å². The highest BCUT2D eigenvalue weighted by Gasteiger charge is 2.20. The summed E-state index contributed by atoms with van der Waals surface area (Å²) in [6, 6.07) is 17.9. The van der Waals surface area contributed by atoms with Gasteiger partial charge in [-0.2, -0.15) is 0 Å². The molecule has 4 nitrogen and oxygen atoms in total. The molecule has 5 heteroatoms. The van der Waals surface area contributed by atoms with Gasteiger partial charge in [0.2, 0.25) is 5.91 Å². The fraction of sp³-hybridized carbons (Fsp3) is 0.263. The molecule has 3 aromatic rings. The number of benzene rings is 2. The van der Waals surface area contributed by atoms with Gasteiger partial charge in [-0.25, -0.2) is 4.98 Å². The first-order valence-electron chi connectivity index (χ1n) is 7.99. The molecule has 1 amide bonds. The maximum Gasteiger partial charge on any atom is 0.237 e. The lowest BCUT2D eigenvalue weighted by atomic mass is 10.2. The SMILES string of the molecule is CC(C)N(C(=O)CSc1nc2ccccc2n1C)c1ccccc1. The van der Waals surface area contributed by atoms with Crippen LogP contribution in [0.5, 0.6) is 0 Å². The number of para-hydroxylation sites is 3. The van der Waals surface area contributed by atoms with Crippen molar-refractivity contribution in [3.63, 3.8) is 0 Å². The van der Waals surface area contributed by atoms with Crippen molar-refractivity contribution in [3.05, 3.63) is 54.6 Å². The van der Waals surface area contributed by atoms with Crippen molar-refractivity contribution in [3.8, 4) is 0 Å². The second-order valence-corrected chi connectivity index (χ2v) is 6.87. The van der Waals surface area contributed by atoms with Crippen molar-refractivity contribution < 1.29 is 4.79 Å². The normalized spacial score (nSPS) is 11.2. The summed E-state index contributed by atoms with van der Waals surface area (Å²) in [4.78, 5) is 19.2. The topological polar surface area (TPSA) is 38.1 Å². The maximum absolute atomic E-state index is 12.8. The summed E-state index contributed by atoms with van der Waals surface area (Å²) in [6.45, 7) is 4.06. The number of carbonyl (C=O) groups excluding carboxylic acids is 1. The van der Waals surface area contributed by atoms with Crippen molar-refractivity contribution in [2.75, 3.05) is 10.7 Å². The van der Waals surface area contributed by atoms with E-state index >= 15 is 0 Å². The van der Waals surface area contributed by atoms with E-state index in [0.29, 0.717) is 5.75 Å². The van der Waals surface area contributed by atoms with Crippen molar-refractivity contribution in [1.29, 1.82) is 0 Å². The van der Waals surface area contributed by atoms with Crippen LogP contribution >= 0.6 is 11.8 Å². The minimum absolute atomic E-state index is 0.0910. The highest BCUT2D eigenvalue weighted by molar-refractivity contribution is 7.99. The van der Waals surface area contributed by atoms with Crippen LogP contribution in [-0.2, 0) is 11.8 Å². The molecule has 0 radical (unpaired) electrons. The van der Waals surface area contributed by atoms with Crippen LogP contribution in [-0.4, -0.2) is 27.3 Å². The fourth-order valence-corrected chi connectivity index (χ4v) is 3.61. The summed E-state index contributed by atoms with van der Waals surface area (Å²) in [6.07, 6.45) is 0. The third-order valence-electron chi connectivity index (χ3n) is 3.89. The second-order valence-electron chi connectivity index (χ2n) is 5.92. The van der Waals surface area contributed by atoms with Crippen LogP contribution in [0, 0.1) is 0 Å².